The van der Waals surface area contributed by atoms with Crippen LogP contribution in [-0.4, -0.2) is 17.1 Å². The van der Waals surface area contributed by atoms with Gasteiger partial charge >= 0.3 is 0 Å². The fourth-order valence-electron chi connectivity index (χ4n) is 2.48. The number of aromatic nitrogens is 1. The van der Waals surface area contributed by atoms with E-state index in [-0.39, 0.29) is 12.5 Å². The maximum atomic E-state index is 12.3. The summed E-state index contributed by atoms with van der Waals surface area (Å²) < 4.78 is 8.30. The van der Waals surface area contributed by atoms with Crippen LogP contribution < -0.4 is 10.1 Å². The van der Waals surface area contributed by atoms with Crippen LogP contribution >= 0.6 is 15.9 Å². The molecule has 0 aliphatic carbocycles. The van der Waals surface area contributed by atoms with Gasteiger partial charge < -0.3 is 14.6 Å². The van der Waals surface area contributed by atoms with Crippen LogP contribution in [0.5, 0.6) is 5.75 Å². The molecule has 23 heavy (non-hydrogen) atoms. The van der Waals surface area contributed by atoms with Crippen molar-refractivity contribution in [2.45, 2.75) is 13.5 Å². The lowest BCUT2D eigenvalue weighted by Crippen LogP contribution is -2.18. The van der Waals surface area contributed by atoms with E-state index in [0.29, 0.717) is 6.61 Å². The average molecular weight is 373 g/mol. The topological polar surface area (TPSA) is 43.3 Å². The summed E-state index contributed by atoms with van der Waals surface area (Å²) >= 11 is 3.43. The van der Waals surface area contributed by atoms with Crippen LogP contribution in [-0.2, 0) is 11.3 Å². The minimum absolute atomic E-state index is 0.0664. The number of carbonyl (C=O) groups excluding carboxylic acids is 1. The molecule has 0 saturated heterocycles. The number of fused-ring (bicyclic) bond motifs is 1. The first-order valence-electron chi connectivity index (χ1n) is 7.43. The third kappa shape index (κ3) is 3.56. The number of nitrogens with zero attached hydrogens (tertiary/aromatic N) is 1. The van der Waals surface area contributed by atoms with Gasteiger partial charge in [0.1, 0.15) is 12.3 Å². The van der Waals surface area contributed by atoms with E-state index in [1.165, 1.54) is 0 Å². The fraction of sp³-hybridized carbons (Fsp3) is 0.167. The number of nitrogens with one attached hydrogen (secondary N) is 1. The first kappa shape index (κ1) is 15.6. The number of carbonyl (C=O) groups is 1. The van der Waals surface area contributed by atoms with E-state index in [1.54, 1.807) is 0 Å². The molecule has 0 aliphatic heterocycles. The monoisotopic (exact) mass is 372 g/mol. The summed E-state index contributed by atoms with van der Waals surface area (Å²) in [5.74, 6) is 0.777. The smallest absolute Gasteiger partial charge is 0.244 e. The summed E-state index contributed by atoms with van der Waals surface area (Å²) in [6.45, 7) is 2.86. The first-order valence-corrected chi connectivity index (χ1v) is 8.22. The first-order chi connectivity index (χ1) is 11.2. The summed E-state index contributed by atoms with van der Waals surface area (Å²) in [5.41, 5.74) is 1.78. The quantitative estimate of drug-likeness (QED) is 0.719. The standard InChI is InChI=1S/C18H17BrN2O2/c1-2-23-14-7-8-17-13(11-14)9-10-21(17)12-18(22)20-16-6-4-3-5-15(16)19/h3-11H,2,12H2,1H3,(H,20,22). The number of anilines is 1. The third-order valence-corrected chi connectivity index (χ3v) is 4.21. The zero-order valence-corrected chi connectivity index (χ0v) is 14.3. The Morgan fingerprint density at radius 2 is 2.04 bits per heavy atom. The van der Waals surface area contributed by atoms with Crippen molar-refractivity contribution >= 4 is 38.4 Å². The molecule has 3 rings (SSSR count). The molecule has 0 unspecified atom stereocenters. The molecular formula is C18H17BrN2O2. The largest absolute Gasteiger partial charge is 0.494 e. The molecule has 1 N–H and O–H groups in total. The molecule has 0 atom stereocenters. The van der Waals surface area contributed by atoms with Crippen LogP contribution in [0.4, 0.5) is 5.69 Å². The van der Waals surface area contributed by atoms with Gasteiger partial charge in [-0.05, 0) is 59.3 Å². The Bertz CT molecular complexity index is 842. The molecule has 1 aromatic heterocycles. The highest BCUT2D eigenvalue weighted by molar-refractivity contribution is 9.10. The van der Waals surface area contributed by atoms with Crippen LogP contribution in [0, 0.1) is 0 Å². The maximum absolute atomic E-state index is 12.3. The molecular weight excluding hydrogens is 356 g/mol. The van der Waals surface area contributed by atoms with E-state index >= 15 is 0 Å². The Morgan fingerprint density at radius 1 is 1.22 bits per heavy atom. The van der Waals surface area contributed by atoms with Crippen LogP contribution in [0.15, 0.2) is 59.2 Å². The Labute approximate surface area is 143 Å². The second-order valence-electron chi connectivity index (χ2n) is 5.13. The summed E-state index contributed by atoms with van der Waals surface area (Å²) in [6.07, 6.45) is 1.92. The molecule has 1 heterocycles. The Morgan fingerprint density at radius 3 is 2.83 bits per heavy atom. The molecule has 0 bridgehead atoms. The molecule has 0 saturated carbocycles. The number of hydrogen-bond acceptors (Lipinski definition) is 2. The molecule has 3 aromatic rings. The van der Waals surface area contributed by atoms with Crippen LogP contribution in [0.1, 0.15) is 6.92 Å². The molecule has 0 aliphatic rings. The number of para-hydroxylation sites is 1. The van der Waals surface area contributed by atoms with E-state index in [1.807, 2.05) is 66.2 Å². The van der Waals surface area contributed by atoms with Crippen LogP contribution in [0.3, 0.4) is 0 Å². The second kappa shape index (κ2) is 6.87. The number of ether oxygens (including phenoxy) is 1. The predicted molar refractivity (Wildman–Crippen MR) is 95.9 cm³/mol. The van der Waals surface area contributed by atoms with Crippen molar-refractivity contribution in [2.75, 3.05) is 11.9 Å². The van der Waals surface area contributed by atoms with Crippen molar-refractivity contribution in [3.8, 4) is 5.75 Å². The van der Waals surface area contributed by atoms with Gasteiger partial charge in [-0.2, -0.15) is 0 Å². The number of hydrogen-bond donors (Lipinski definition) is 1. The van der Waals surface area contributed by atoms with Crippen LogP contribution in [0.25, 0.3) is 10.9 Å². The van der Waals surface area contributed by atoms with Crippen molar-refractivity contribution in [1.29, 1.82) is 0 Å². The third-order valence-electron chi connectivity index (χ3n) is 3.52. The normalized spacial score (nSPS) is 10.7. The van der Waals surface area contributed by atoms with E-state index in [2.05, 4.69) is 21.2 Å². The van der Waals surface area contributed by atoms with Crippen molar-refractivity contribution in [3.05, 3.63) is 59.2 Å². The van der Waals surface area contributed by atoms with Gasteiger partial charge in [-0.25, -0.2) is 0 Å². The number of amides is 1. The Kier molecular flexibility index (Phi) is 4.67. The molecule has 1 amide bonds. The predicted octanol–water partition coefficient (Wildman–Crippen LogP) is 4.44. The van der Waals surface area contributed by atoms with Gasteiger partial charge in [0.2, 0.25) is 5.91 Å². The summed E-state index contributed by atoms with van der Waals surface area (Å²) in [6, 6.07) is 15.4. The van der Waals surface area contributed by atoms with Crippen molar-refractivity contribution < 1.29 is 9.53 Å². The Hall–Kier alpha value is -2.27. The molecule has 0 radical (unpaired) electrons. The van der Waals surface area contributed by atoms with Gasteiger partial charge in [-0.3, -0.25) is 4.79 Å². The lowest BCUT2D eigenvalue weighted by Gasteiger charge is -2.09. The number of benzene rings is 2. The van der Waals surface area contributed by atoms with Gasteiger partial charge in [-0.15, -0.1) is 0 Å². The highest BCUT2D eigenvalue weighted by Gasteiger charge is 2.09. The second-order valence-corrected chi connectivity index (χ2v) is 5.98. The van der Waals surface area contributed by atoms with E-state index in [9.17, 15) is 4.79 Å². The van der Waals surface area contributed by atoms with Crippen molar-refractivity contribution in [2.24, 2.45) is 0 Å². The summed E-state index contributed by atoms with van der Waals surface area (Å²) in [5, 5.41) is 3.97. The highest BCUT2D eigenvalue weighted by Crippen LogP contribution is 2.23. The summed E-state index contributed by atoms with van der Waals surface area (Å²) in [7, 11) is 0. The molecule has 0 spiro atoms. The van der Waals surface area contributed by atoms with Crippen molar-refractivity contribution in [1.82, 2.24) is 4.57 Å². The maximum Gasteiger partial charge on any atom is 0.244 e. The van der Waals surface area contributed by atoms with Gasteiger partial charge in [0.25, 0.3) is 0 Å². The minimum Gasteiger partial charge on any atom is -0.494 e. The molecule has 5 heteroatoms. The molecule has 2 aromatic carbocycles. The summed E-state index contributed by atoms with van der Waals surface area (Å²) in [4.78, 5) is 12.3. The lowest BCUT2D eigenvalue weighted by molar-refractivity contribution is -0.116. The van der Waals surface area contributed by atoms with Gasteiger partial charge in [0, 0.05) is 21.6 Å². The highest BCUT2D eigenvalue weighted by atomic mass is 79.9. The SMILES string of the molecule is CCOc1ccc2c(ccn2CC(=O)Nc2ccccc2Br)c1. The molecule has 0 fully saturated rings. The van der Waals surface area contributed by atoms with Crippen LogP contribution in [0.2, 0.25) is 0 Å². The minimum atomic E-state index is -0.0664. The lowest BCUT2D eigenvalue weighted by atomic mass is 10.2. The van der Waals surface area contributed by atoms with E-state index in [0.717, 1.165) is 26.8 Å². The van der Waals surface area contributed by atoms with E-state index in [4.69, 9.17) is 4.74 Å². The van der Waals surface area contributed by atoms with Gasteiger partial charge in [0.15, 0.2) is 0 Å². The van der Waals surface area contributed by atoms with Crippen molar-refractivity contribution in [3.63, 3.8) is 0 Å². The zero-order valence-electron chi connectivity index (χ0n) is 12.8. The number of halogens is 1. The fourth-order valence-corrected chi connectivity index (χ4v) is 2.86. The number of rotatable bonds is 5. The van der Waals surface area contributed by atoms with Gasteiger partial charge in [-0.1, -0.05) is 12.1 Å². The zero-order chi connectivity index (χ0) is 16.2. The van der Waals surface area contributed by atoms with E-state index < -0.39 is 0 Å². The average Bonchev–Trinajstić information content (AvgIpc) is 2.92. The molecule has 118 valence electrons. The van der Waals surface area contributed by atoms with Gasteiger partial charge in [0.05, 0.1) is 12.3 Å². The Balaban J connectivity index is 1.76. The molecule has 4 nitrogen and oxygen atoms in total.